The Balaban J connectivity index is 1.67. The number of likely N-dealkylation sites (tertiary alicyclic amines) is 1. The van der Waals surface area contributed by atoms with Crippen LogP contribution in [-0.4, -0.2) is 44.2 Å². The molecule has 3 unspecified atom stereocenters. The first kappa shape index (κ1) is 13.7. The summed E-state index contributed by atoms with van der Waals surface area (Å²) < 4.78 is 24.5. The summed E-state index contributed by atoms with van der Waals surface area (Å²) in [6, 6.07) is 9.11. The molecule has 4 nitrogen and oxygen atoms in total. The second kappa shape index (κ2) is 5.07. The fourth-order valence-electron chi connectivity index (χ4n) is 4.20. The molecule has 1 aromatic carbocycles. The maximum Gasteiger partial charge on any atom is 0.178 e. The number of fused-ring (bicyclic) bond motifs is 3. The molecule has 4 rings (SSSR count). The lowest BCUT2D eigenvalue weighted by molar-refractivity contribution is 0.178. The van der Waals surface area contributed by atoms with E-state index < -0.39 is 9.84 Å². The number of rotatable bonds is 1. The van der Waals surface area contributed by atoms with Crippen molar-refractivity contribution < 1.29 is 8.42 Å². The van der Waals surface area contributed by atoms with Gasteiger partial charge in [0.15, 0.2) is 9.84 Å². The lowest BCUT2D eigenvalue weighted by Crippen LogP contribution is -2.40. The van der Waals surface area contributed by atoms with Gasteiger partial charge in [-0.15, -0.1) is 0 Å². The van der Waals surface area contributed by atoms with Crippen LogP contribution in [0.15, 0.2) is 29.2 Å². The molecule has 3 atom stereocenters. The topological polar surface area (TPSA) is 49.4 Å². The van der Waals surface area contributed by atoms with Crippen LogP contribution in [0.3, 0.4) is 0 Å². The SMILES string of the molecule is O=S1(=O)CCC(N2CCC3CCC(C2)N3)c2ccccc21. The van der Waals surface area contributed by atoms with Gasteiger partial charge in [-0.2, -0.15) is 0 Å². The molecule has 1 N–H and O–H groups in total. The average Bonchev–Trinajstić information content (AvgIpc) is 2.80. The third-order valence-electron chi connectivity index (χ3n) is 5.27. The zero-order valence-electron chi connectivity index (χ0n) is 12.2. The lowest BCUT2D eigenvalue weighted by Gasteiger charge is -2.36. The van der Waals surface area contributed by atoms with Crippen molar-refractivity contribution in [3.63, 3.8) is 0 Å². The second-order valence-corrected chi connectivity index (χ2v) is 8.66. The standard InChI is InChI=1S/C16H22N2O2S/c19-21(20)10-8-15(14-3-1-2-4-16(14)21)18-9-7-12-5-6-13(11-18)17-12/h1-4,12-13,15,17H,5-11H2. The van der Waals surface area contributed by atoms with Gasteiger partial charge in [-0.25, -0.2) is 8.42 Å². The zero-order valence-corrected chi connectivity index (χ0v) is 13.0. The summed E-state index contributed by atoms with van der Waals surface area (Å²) in [5.41, 5.74) is 1.02. The van der Waals surface area contributed by atoms with Gasteiger partial charge < -0.3 is 5.32 Å². The van der Waals surface area contributed by atoms with E-state index >= 15 is 0 Å². The Morgan fingerprint density at radius 3 is 2.76 bits per heavy atom. The number of hydrogen-bond acceptors (Lipinski definition) is 4. The zero-order chi connectivity index (χ0) is 14.4. The van der Waals surface area contributed by atoms with E-state index in [1.165, 1.54) is 19.3 Å². The van der Waals surface area contributed by atoms with Crippen LogP contribution < -0.4 is 5.32 Å². The van der Waals surface area contributed by atoms with Crippen molar-refractivity contribution in [2.24, 2.45) is 0 Å². The first-order valence-corrected chi connectivity index (χ1v) is 9.60. The average molecular weight is 306 g/mol. The molecule has 3 aliphatic rings. The maximum absolute atomic E-state index is 12.3. The summed E-state index contributed by atoms with van der Waals surface area (Å²) in [6.45, 7) is 2.13. The van der Waals surface area contributed by atoms with Gasteiger partial charge in [-0.05, 0) is 37.3 Å². The van der Waals surface area contributed by atoms with E-state index in [9.17, 15) is 8.42 Å². The number of nitrogens with zero attached hydrogens (tertiary/aromatic N) is 1. The highest BCUT2D eigenvalue weighted by atomic mass is 32.2. The predicted molar refractivity (Wildman–Crippen MR) is 82.0 cm³/mol. The summed E-state index contributed by atoms with van der Waals surface area (Å²) >= 11 is 0. The molecular formula is C16H22N2O2S. The van der Waals surface area contributed by atoms with E-state index in [4.69, 9.17) is 0 Å². The van der Waals surface area contributed by atoms with E-state index in [1.807, 2.05) is 18.2 Å². The summed E-state index contributed by atoms with van der Waals surface area (Å²) in [7, 11) is -3.08. The van der Waals surface area contributed by atoms with E-state index in [-0.39, 0.29) is 11.8 Å². The van der Waals surface area contributed by atoms with Gasteiger partial charge in [0, 0.05) is 31.2 Å². The second-order valence-electron chi connectivity index (χ2n) is 6.58. The van der Waals surface area contributed by atoms with Gasteiger partial charge in [-0.1, -0.05) is 18.2 Å². The molecule has 2 bridgehead atoms. The number of sulfone groups is 1. The van der Waals surface area contributed by atoms with Gasteiger partial charge in [0.05, 0.1) is 10.6 Å². The Hall–Kier alpha value is -0.910. The first-order valence-electron chi connectivity index (χ1n) is 7.95. The molecule has 3 aliphatic heterocycles. The van der Waals surface area contributed by atoms with Crippen molar-refractivity contribution in [2.45, 2.75) is 48.7 Å². The van der Waals surface area contributed by atoms with Crippen LogP contribution in [0.4, 0.5) is 0 Å². The molecule has 5 heteroatoms. The van der Waals surface area contributed by atoms with E-state index in [0.29, 0.717) is 17.0 Å². The Kier molecular flexibility index (Phi) is 3.32. The molecule has 1 aromatic rings. The molecule has 3 heterocycles. The summed E-state index contributed by atoms with van der Waals surface area (Å²) in [5.74, 6) is 0.284. The minimum absolute atomic E-state index is 0.269. The van der Waals surface area contributed by atoms with E-state index in [2.05, 4.69) is 10.2 Å². The van der Waals surface area contributed by atoms with Crippen LogP contribution in [0.5, 0.6) is 0 Å². The quantitative estimate of drug-likeness (QED) is 0.858. The van der Waals surface area contributed by atoms with Crippen LogP contribution in [0, 0.1) is 0 Å². The minimum Gasteiger partial charge on any atom is -0.310 e. The molecule has 0 spiro atoms. The normalized spacial score (nSPS) is 35.1. The molecule has 21 heavy (non-hydrogen) atoms. The van der Waals surface area contributed by atoms with Gasteiger partial charge >= 0.3 is 0 Å². The molecule has 0 saturated carbocycles. The Bertz CT molecular complexity index is 643. The fourth-order valence-corrected chi connectivity index (χ4v) is 5.81. The molecule has 0 radical (unpaired) electrons. The van der Waals surface area contributed by atoms with Crippen molar-refractivity contribution in [2.75, 3.05) is 18.8 Å². The lowest BCUT2D eigenvalue weighted by atomic mass is 9.99. The largest absolute Gasteiger partial charge is 0.310 e. The highest BCUT2D eigenvalue weighted by molar-refractivity contribution is 7.91. The highest BCUT2D eigenvalue weighted by Gasteiger charge is 2.37. The molecule has 2 saturated heterocycles. The Morgan fingerprint density at radius 2 is 1.86 bits per heavy atom. The monoisotopic (exact) mass is 306 g/mol. The van der Waals surface area contributed by atoms with Crippen molar-refractivity contribution >= 4 is 9.84 Å². The molecular weight excluding hydrogens is 284 g/mol. The van der Waals surface area contributed by atoms with Gasteiger partial charge in [0.1, 0.15) is 0 Å². The van der Waals surface area contributed by atoms with Gasteiger partial charge in [0.2, 0.25) is 0 Å². The first-order chi connectivity index (χ1) is 10.1. The number of benzene rings is 1. The minimum atomic E-state index is -3.08. The number of nitrogens with one attached hydrogen (secondary N) is 1. The van der Waals surface area contributed by atoms with Crippen LogP contribution >= 0.6 is 0 Å². The third-order valence-corrected chi connectivity index (χ3v) is 7.08. The fraction of sp³-hybridized carbons (Fsp3) is 0.625. The van der Waals surface area contributed by atoms with Crippen LogP contribution in [-0.2, 0) is 9.84 Å². The molecule has 0 amide bonds. The van der Waals surface area contributed by atoms with E-state index in [1.54, 1.807) is 6.07 Å². The summed E-state index contributed by atoms with van der Waals surface area (Å²) in [4.78, 5) is 3.08. The van der Waals surface area contributed by atoms with Gasteiger partial charge in [-0.3, -0.25) is 4.90 Å². The molecule has 0 aromatic heterocycles. The highest BCUT2D eigenvalue weighted by Crippen LogP contribution is 2.37. The smallest absolute Gasteiger partial charge is 0.178 e. The Labute approximate surface area is 126 Å². The Morgan fingerprint density at radius 1 is 1.05 bits per heavy atom. The van der Waals surface area contributed by atoms with Crippen LogP contribution in [0.2, 0.25) is 0 Å². The number of hydrogen-bond donors (Lipinski definition) is 1. The molecule has 2 fully saturated rings. The summed E-state index contributed by atoms with van der Waals surface area (Å²) in [6.07, 6.45) is 4.47. The molecule has 0 aliphatic carbocycles. The van der Waals surface area contributed by atoms with Crippen molar-refractivity contribution in [3.05, 3.63) is 29.8 Å². The summed E-state index contributed by atoms with van der Waals surface area (Å²) in [5, 5.41) is 3.70. The third kappa shape index (κ3) is 2.41. The van der Waals surface area contributed by atoms with E-state index in [0.717, 1.165) is 25.1 Å². The van der Waals surface area contributed by atoms with Crippen molar-refractivity contribution in [1.82, 2.24) is 10.2 Å². The van der Waals surface area contributed by atoms with Crippen molar-refractivity contribution in [1.29, 1.82) is 0 Å². The maximum atomic E-state index is 12.3. The molecule has 114 valence electrons. The van der Waals surface area contributed by atoms with Gasteiger partial charge in [0.25, 0.3) is 0 Å². The van der Waals surface area contributed by atoms with Crippen LogP contribution in [0.25, 0.3) is 0 Å². The van der Waals surface area contributed by atoms with Crippen LogP contribution in [0.1, 0.15) is 37.3 Å². The van der Waals surface area contributed by atoms with Crippen molar-refractivity contribution in [3.8, 4) is 0 Å². The predicted octanol–water partition coefficient (Wildman–Crippen LogP) is 1.73.